The Morgan fingerprint density at radius 2 is 2.18 bits per heavy atom. The summed E-state index contributed by atoms with van der Waals surface area (Å²) in [5.74, 6) is 1.10. The number of anilines is 2. The number of benzene rings is 2. The summed E-state index contributed by atoms with van der Waals surface area (Å²) in [6, 6.07) is 8.69. The molecule has 0 unspecified atom stereocenters. The van der Waals surface area contributed by atoms with Crippen molar-refractivity contribution >= 4 is 34.0 Å². The monoisotopic (exact) mass is 402 g/mol. The van der Waals surface area contributed by atoms with Crippen molar-refractivity contribution in [2.45, 2.75) is 18.9 Å². The van der Waals surface area contributed by atoms with E-state index in [2.05, 4.69) is 20.6 Å². The molecule has 146 valence electrons. The molecular formula is C20H20ClFN4O2. The van der Waals surface area contributed by atoms with E-state index in [1.807, 2.05) is 6.07 Å². The topological polar surface area (TPSA) is 68.3 Å². The largest absolute Gasteiger partial charge is 0.493 e. The molecule has 2 N–H and O–H groups in total. The summed E-state index contributed by atoms with van der Waals surface area (Å²) in [5, 5.41) is 7.13. The predicted octanol–water partition coefficient (Wildman–Crippen LogP) is 4.31. The van der Waals surface area contributed by atoms with Gasteiger partial charge in [0, 0.05) is 17.5 Å². The van der Waals surface area contributed by atoms with Gasteiger partial charge in [-0.25, -0.2) is 14.4 Å². The number of rotatable bonds is 6. The Labute approximate surface area is 167 Å². The van der Waals surface area contributed by atoms with Gasteiger partial charge in [-0.15, -0.1) is 0 Å². The van der Waals surface area contributed by atoms with E-state index in [0.717, 1.165) is 19.4 Å². The van der Waals surface area contributed by atoms with Crippen LogP contribution < -0.4 is 20.1 Å². The van der Waals surface area contributed by atoms with Crippen molar-refractivity contribution in [2.75, 3.05) is 25.6 Å². The fourth-order valence-corrected chi connectivity index (χ4v) is 3.43. The van der Waals surface area contributed by atoms with Crippen LogP contribution in [0.2, 0.25) is 5.02 Å². The average Bonchev–Trinajstić information content (AvgIpc) is 3.23. The number of fused-ring (bicyclic) bond motifs is 1. The molecule has 1 saturated heterocycles. The van der Waals surface area contributed by atoms with Crippen molar-refractivity contribution in [3.63, 3.8) is 0 Å². The fraction of sp³-hybridized carbons (Fsp3) is 0.300. The Bertz CT molecular complexity index is 995. The quantitative estimate of drug-likeness (QED) is 0.640. The molecule has 0 bridgehead atoms. The van der Waals surface area contributed by atoms with E-state index in [1.54, 1.807) is 25.3 Å². The van der Waals surface area contributed by atoms with Crippen LogP contribution in [-0.2, 0) is 0 Å². The molecule has 1 aliphatic heterocycles. The maximum atomic E-state index is 14.3. The molecule has 1 aromatic heterocycles. The second kappa shape index (κ2) is 8.16. The number of hydrogen-bond donors (Lipinski definition) is 2. The Balaban J connectivity index is 1.68. The lowest BCUT2D eigenvalue weighted by molar-refractivity contribution is 0.263. The molecule has 1 atom stereocenters. The first-order valence-corrected chi connectivity index (χ1v) is 9.43. The van der Waals surface area contributed by atoms with E-state index < -0.39 is 5.82 Å². The zero-order valence-corrected chi connectivity index (χ0v) is 16.1. The summed E-state index contributed by atoms with van der Waals surface area (Å²) in [6.07, 6.45) is 3.64. The number of methoxy groups -OCH3 is 1. The highest BCUT2D eigenvalue weighted by Crippen LogP contribution is 2.35. The van der Waals surface area contributed by atoms with Crippen LogP contribution in [0.15, 0.2) is 36.7 Å². The molecule has 0 spiro atoms. The predicted molar refractivity (Wildman–Crippen MR) is 107 cm³/mol. The summed E-state index contributed by atoms with van der Waals surface area (Å²) >= 11 is 5.88. The number of nitrogens with one attached hydrogen (secondary N) is 2. The van der Waals surface area contributed by atoms with E-state index in [4.69, 9.17) is 21.1 Å². The average molecular weight is 403 g/mol. The van der Waals surface area contributed by atoms with Crippen molar-refractivity contribution < 1.29 is 13.9 Å². The Kier molecular flexibility index (Phi) is 5.45. The van der Waals surface area contributed by atoms with Gasteiger partial charge in [0.15, 0.2) is 17.3 Å². The molecule has 2 aromatic carbocycles. The maximum Gasteiger partial charge on any atom is 0.165 e. The van der Waals surface area contributed by atoms with Crippen LogP contribution >= 0.6 is 11.6 Å². The molecule has 1 aliphatic rings. The van der Waals surface area contributed by atoms with Crippen LogP contribution in [0, 0.1) is 5.82 Å². The van der Waals surface area contributed by atoms with Crippen molar-refractivity contribution in [3.8, 4) is 11.5 Å². The van der Waals surface area contributed by atoms with Gasteiger partial charge >= 0.3 is 0 Å². The van der Waals surface area contributed by atoms with Crippen LogP contribution in [0.4, 0.5) is 15.9 Å². The molecule has 4 rings (SSSR count). The fourth-order valence-electron chi connectivity index (χ4n) is 3.25. The Hall–Kier alpha value is -2.64. The van der Waals surface area contributed by atoms with Crippen molar-refractivity contribution in [1.82, 2.24) is 15.3 Å². The van der Waals surface area contributed by atoms with Crippen LogP contribution in [0.5, 0.6) is 11.5 Å². The number of halogens is 2. The first kappa shape index (κ1) is 18.7. The molecule has 2 heterocycles. The van der Waals surface area contributed by atoms with Gasteiger partial charge in [0.2, 0.25) is 0 Å². The Morgan fingerprint density at radius 3 is 2.96 bits per heavy atom. The highest BCUT2D eigenvalue weighted by molar-refractivity contribution is 6.31. The van der Waals surface area contributed by atoms with Gasteiger partial charge in [0.25, 0.3) is 0 Å². The molecule has 28 heavy (non-hydrogen) atoms. The molecule has 3 aromatic rings. The van der Waals surface area contributed by atoms with Gasteiger partial charge in [0.1, 0.15) is 18.8 Å². The van der Waals surface area contributed by atoms with Gasteiger partial charge in [-0.2, -0.15) is 0 Å². The molecular weight excluding hydrogens is 383 g/mol. The first-order chi connectivity index (χ1) is 13.7. The van der Waals surface area contributed by atoms with Crippen molar-refractivity contribution in [2.24, 2.45) is 0 Å². The summed E-state index contributed by atoms with van der Waals surface area (Å²) in [4.78, 5) is 8.56. The SMILES string of the molecule is COc1cc2ncnc(Nc3cccc(Cl)c3F)c2cc1OC[C@@H]1CCCN1. The number of hydrogen-bond acceptors (Lipinski definition) is 6. The molecule has 0 radical (unpaired) electrons. The molecule has 6 nitrogen and oxygen atoms in total. The third-order valence-corrected chi connectivity index (χ3v) is 5.02. The summed E-state index contributed by atoms with van der Waals surface area (Å²) in [5.41, 5.74) is 0.893. The van der Waals surface area contributed by atoms with Gasteiger partial charge in [-0.3, -0.25) is 0 Å². The second-order valence-electron chi connectivity index (χ2n) is 6.57. The second-order valence-corrected chi connectivity index (χ2v) is 6.98. The molecule has 0 saturated carbocycles. The standard InChI is InChI=1S/C20H20ClFN4O2/c1-27-17-9-16-13(8-18(17)28-10-12-4-3-7-23-12)20(25-11-24-16)26-15-6-2-5-14(21)19(15)22/h2,5-6,8-9,11-12,23H,3-4,7,10H2,1H3,(H,24,25,26)/t12-/m0/s1. The summed E-state index contributed by atoms with van der Waals surface area (Å²) in [6.45, 7) is 1.55. The van der Waals surface area contributed by atoms with Gasteiger partial charge in [-0.05, 0) is 37.6 Å². The normalized spacial score (nSPS) is 16.3. The molecule has 0 aliphatic carbocycles. The van der Waals surface area contributed by atoms with E-state index in [1.165, 1.54) is 12.4 Å². The lowest BCUT2D eigenvalue weighted by atomic mass is 10.2. The van der Waals surface area contributed by atoms with Crippen LogP contribution in [-0.4, -0.2) is 36.3 Å². The minimum atomic E-state index is -0.534. The summed E-state index contributed by atoms with van der Waals surface area (Å²) < 4.78 is 25.7. The zero-order chi connectivity index (χ0) is 19.5. The maximum absolute atomic E-state index is 14.3. The minimum Gasteiger partial charge on any atom is -0.493 e. The number of aromatic nitrogens is 2. The first-order valence-electron chi connectivity index (χ1n) is 9.05. The van der Waals surface area contributed by atoms with Crippen LogP contribution in [0.1, 0.15) is 12.8 Å². The van der Waals surface area contributed by atoms with Gasteiger partial charge < -0.3 is 20.1 Å². The third kappa shape index (κ3) is 3.81. The van der Waals surface area contributed by atoms with E-state index in [9.17, 15) is 4.39 Å². The van der Waals surface area contributed by atoms with E-state index >= 15 is 0 Å². The number of ether oxygens (including phenoxy) is 2. The lowest BCUT2D eigenvalue weighted by Crippen LogP contribution is -2.28. The lowest BCUT2D eigenvalue weighted by Gasteiger charge is -2.16. The minimum absolute atomic E-state index is 0.0399. The van der Waals surface area contributed by atoms with E-state index in [-0.39, 0.29) is 10.7 Å². The van der Waals surface area contributed by atoms with Crippen LogP contribution in [0.25, 0.3) is 10.9 Å². The number of nitrogens with zero attached hydrogens (tertiary/aromatic N) is 2. The van der Waals surface area contributed by atoms with Gasteiger partial charge in [0.05, 0.1) is 23.3 Å². The van der Waals surface area contributed by atoms with Crippen LogP contribution in [0.3, 0.4) is 0 Å². The summed E-state index contributed by atoms with van der Waals surface area (Å²) in [7, 11) is 1.59. The van der Waals surface area contributed by atoms with Gasteiger partial charge in [-0.1, -0.05) is 17.7 Å². The van der Waals surface area contributed by atoms with E-state index in [0.29, 0.717) is 40.9 Å². The van der Waals surface area contributed by atoms with Crippen molar-refractivity contribution in [1.29, 1.82) is 0 Å². The highest BCUT2D eigenvalue weighted by atomic mass is 35.5. The molecule has 1 fully saturated rings. The zero-order valence-electron chi connectivity index (χ0n) is 15.3. The Morgan fingerprint density at radius 1 is 1.29 bits per heavy atom. The third-order valence-electron chi connectivity index (χ3n) is 4.73. The molecule has 8 heteroatoms. The highest BCUT2D eigenvalue weighted by Gasteiger charge is 2.17. The smallest absolute Gasteiger partial charge is 0.165 e. The van der Waals surface area contributed by atoms with Crippen molar-refractivity contribution in [3.05, 3.63) is 47.5 Å². The molecule has 0 amide bonds.